The monoisotopic (exact) mass is 322 g/mol. The van der Waals surface area contributed by atoms with Gasteiger partial charge in [-0.2, -0.15) is 4.98 Å². The van der Waals surface area contributed by atoms with E-state index < -0.39 is 0 Å². The van der Waals surface area contributed by atoms with Crippen LogP contribution in [0.15, 0.2) is 4.52 Å². The van der Waals surface area contributed by atoms with Crippen molar-refractivity contribution in [2.75, 3.05) is 13.1 Å². The normalized spacial score (nSPS) is 18.9. The summed E-state index contributed by atoms with van der Waals surface area (Å²) in [5.74, 6) is 0.781. The topological polar surface area (TPSA) is 102 Å². The molecule has 2 N–H and O–H groups in total. The van der Waals surface area contributed by atoms with Crippen molar-refractivity contribution >= 4 is 11.8 Å². The molecule has 0 bridgehead atoms. The quantitative estimate of drug-likeness (QED) is 0.883. The van der Waals surface area contributed by atoms with Gasteiger partial charge < -0.3 is 15.2 Å². The fourth-order valence-electron chi connectivity index (χ4n) is 2.65. The first kappa shape index (κ1) is 17.4. The van der Waals surface area contributed by atoms with Crippen LogP contribution in [0.5, 0.6) is 0 Å². The maximum absolute atomic E-state index is 12.2. The molecular weight excluding hydrogens is 296 g/mol. The SMILES string of the molecule is CC(C)(C)c1noc(CCCC(=O)N2CCC[C@H](C(N)=O)C2)n1. The minimum Gasteiger partial charge on any atom is -0.369 e. The van der Waals surface area contributed by atoms with Crippen molar-refractivity contribution in [1.82, 2.24) is 15.0 Å². The summed E-state index contributed by atoms with van der Waals surface area (Å²) >= 11 is 0. The number of amides is 2. The van der Waals surface area contributed by atoms with Crippen molar-refractivity contribution in [3.63, 3.8) is 0 Å². The Morgan fingerprint density at radius 1 is 1.39 bits per heavy atom. The van der Waals surface area contributed by atoms with Crippen LogP contribution in [0, 0.1) is 5.92 Å². The van der Waals surface area contributed by atoms with Crippen LogP contribution in [0.3, 0.4) is 0 Å². The third-order valence-electron chi connectivity index (χ3n) is 4.10. The van der Waals surface area contributed by atoms with E-state index in [-0.39, 0.29) is 23.1 Å². The molecule has 0 unspecified atom stereocenters. The lowest BCUT2D eigenvalue weighted by atomic mass is 9.96. The Morgan fingerprint density at radius 2 is 2.13 bits per heavy atom. The standard InChI is InChI=1S/C16H26N4O3/c1-16(2,3)15-18-12(23-19-15)7-4-8-13(21)20-9-5-6-11(10-20)14(17)22/h11H,4-10H2,1-3H3,(H2,17,22)/t11-/m0/s1. The average Bonchev–Trinajstić information content (AvgIpc) is 2.96. The van der Waals surface area contributed by atoms with Crippen LogP contribution in [0.2, 0.25) is 0 Å². The maximum atomic E-state index is 12.2. The number of nitrogens with two attached hydrogens (primary N) is 1. The fraction of sp³-hybridized carbons (Fsp3) is 0.750. The highest BCUT2D eigenvalue weighted by molar-refractivity contribution is 5.80. The number of aryl methyl sites for hydroxylation is 1. The van der Waals surface area contributed by atoms with E-state index in [4.69, 9.17) is 10.3 Å². The number of rotatable bonds is 5. The minimum absolute atomic E-state index is 0.0616. The van der Waals surface area contributed by atoms with Gasteiger partial charge in [0.1, 0.15) is 0 Å². The summed E-state index contributed by atoms with van der Waals surface area (Å²) < 4.78 is 5.22. The number of carbonyl (C=O) groups excluding carboxylic acids is 2. The van der Waals surface area contributed by atoms with Gasteiger partial charge in [0.15, 0.2) is 5.82 Å². The first-order valence-corrected chi connectivity index (χ1v) is 8.17. The van der Waals surface area contributed by atoms with Crippen molar-refractivity contribution < 1.29 is 14.1 Å². The molecule has 7 heteroatoms. The molecule has 0 spiro atoms. The number of aromatic nitrogens is 2. The lowest BCUT2D eigenvalue weighted by Gasteiger charge is -2.31. The van der Waals surface area contributed by atoms with E-state index >= 15 is 0 Å². The highest BCUT2D eigenvalue weighted by Gasteiger charge is 2.26. The van der Waals surface area contributed by atoms with Crippen molar-refractivity contribution in [3.8, 4) is 0 Å². The molecule has 0 saturated carbocycles. The molecule has 1 aliphatic rings. The van der Waals surface area contributed by atoms with E-state index in [1.165, 1.54) is 0 Å². The van der Waals surface area contributed by atoms with Gasteiger partial charge in [-0.05, 0) is 19.3 Å². The number of nitrogens with zero attached hydrogens (tertiary/aromatic N) is 3. The Morgan fingerprint density at radius 3 is 2.74 bits per heavy atom. The smallest absolute Gasteiger partial charge is 0.226 e. The summed E-state index contributed by atoms with van der Waals surface area (Å²) in [6.45, 7) is 7.23. The van der Waals surface area contributed by atoms with Crippen molar-refractivity contribution in [3.05, 3.63) is 11.7 Å². The third-order valence-corrected chi connectivity index (χ3v) is 4.10. The molecule has 2 heterocycles. The first-order valence-electron chi connectivity index (χ1n) is 8.17. The zero-order chi connectivity index (χ0) is 17.0. The third kappa shape index (κ3) is 4.77. The van der Waals surface area contributed by atoms with Gasteiger partial charge in [-0.3, -0.25) is 9.59 Å². The lowest BCUT2D eigenvalue weighted by molar-refractivity contribution is -0.135. The molecule has 0 aliphatic carbocycles. The molecule has 1 aromatic heterocycles. The summed E-state index contributed by atoms with van der Waals surface area (Å²) in [7, 11) is 0. The molecule has 2 amide bonds. The summed E-state index contributed by atoms with van der Waals surface area (Å²) in [5, 5.41) is 3.97. The molecule has 0 radical (unpaired) electrons. The fourth-order valence-corrected chi connectivity index (χ4v) is 2.65. The Bertz CT molecular complexity index is 562. The van der Waals surface area contributed by atoms with Crippen LogP contribution in [-0.4, -0.2) is 39.9 Å². The molecular formula is C16H26N4O3. The molecule has 128 valence electrons. The van der Waals surface area contributed by atoms with Gasteiger partial charge in [0.25, 0.3) is 0 Å². The Hall–Kier alpha value is -1.92. The van der Waals surface area contributed by atoms with Gasteiger partial charge in [0.2, 0.25) is 17.7 Å². The number of hydrogen-bond acceptors (Lipinski definition) is 5. The van der Waals surface area contributed by atoms with Gasteiger partial charge in [0, 0.05) is 31.3 Å². The molecule has 0 aromatic carbocycles. The van der Waals surface area contributed by atoms with Crippen molar-refractivity contribution in [1.29, 1.82) is 0 Å². The van der Waals surface area contributed by atoms with Crippen molar-refractivity contribution in [2.45, 2.75) is 58.3 Å². The predicted molar refractivity (Wildman–Crippen MR) is 84.4 cm³/mol. The number of carbonyl (C=O) groups is 2. The zero-order valence-corrected chi connectivity index (χ0v) is 14.2. The van der Waals surface area contributed by atoms with E-state index in [1.807, 2.05) is 20.8 Å². The Kier molecular flexibility index (Phi) is 5.38. The average molecular weight is 322 g/mol. The highest BCUT2D eigenvalue weighted by Crippen LogP contribution is 2.20. The maximum Gasteiger partial charge on any atom is 0.226 e. The number of hydrogen-bond donors (Lipinski definition) is 1. The van der Waals surface area contributed by atoms with Gasteiger partial charge >= 0.3 is 0 Å². The lowest BCUT2D eigenvalue weighted by Crippen LogP contribution is -2.44. The van der Waals surface area contributed by atoms with E-state index in [2.05, 4.69) is 10.1 Å². The minimum atomic E-state index is -0.317. The van der Waals surface area contributed by atoms with Crippen LogP contribution in [0.25, 0.3) is 0 Å². The second-order valence-corrected chi connectivity index (χ2v) is 7.20. The molecule has 1 fully saturated rings. The molecule has 7 nitrogen and oxygen atoms in total. The number of piperidine rings is 1. The van der Waals surface area contributed by atoms with Crippen LogP contribution in [0.4, 0.5) is 0 Å². The predicted octanol–water partition coefficient (Wildman–Crippen LogP) is 1.41. The summed E-state index contributed by atoms with van der Waals surface area (Å²) in [6, 6.07) is 0. The van der Waals surface area contributed by atoms with Gasteiger partial charge in [-0.15, -0.1) is 0 Å². The number of primary amides is 1. The second-order valence-electron chi connectivity index (χ2n) is 7.20. The van der Waals surface area contributed by atoms with Crippen LogP contribution in [0.1, 0.15) is 58.2 Å². The largest absolute Gasteiger partial charge is 0.369 e. The Balaban J connectivity index is 1.78. The molecule has 1 aromatic rings. The van der Waals surface area contributed by atoms with E-state index in [0.717, 1.165) is 12.8 Å². The molecule has 23 heavy (non-hydrogen) atoms. The Labute approximate surface area is 136 Å². The summed E-state index contributed by atoms with van der Waals surface area (Å²) in [6.07, 6.45) is 3.26. The van der Waals surface area contributed by atoms with E-state index in [1.54, 1.807) is 4.90 Å². The second kappa shape index (κ2) is 7.10. The van der Waals surface area contributed by atoms with Gasteiger partial charge in [-0.1, -0.05) is 25.9 Å². The van der Waals surface area contributed by atoms with E-state index in [9.17, 15) is 9.59 Å². The summed E-state index contributed by atoms with van der Waals surface area (Å²) in [4.78, 5) is 29.6. The van der Waals surface area contributed by atoms with Crippen LogP contribution >= 0.6 is 0 Å². The molecule has 1 aliphatic heterocycles. The van der Waals surface area contributed by atoms with Gasteiger partial charge in [-0.25, -0.2) is 0 Å². The van der Waals surface area contributed by atoms with E-state index in [0.29, 0.717) is 44.1 Å². The highest BCUT2D eigenvalue weighted by atomic mass is 16.5. The molecule has 1 saturated heterocycles. The van der Waals surface area contributed by atoms with Crippen LogP contribution in [-0.2, 0) is 21.4 Å². The van der Waals surface area contributed by atoms with Crippen molar-refractivity contribution in [2.24, 2.45) is 11.7 Å². The first-order chi connectivity index (χ1) is 10.8. The molecule has 2 rings (SSSR count). The van der Waals surface area contributed by atoms with Gasteiger partial charge in [0.05, 0.1) is 5.92 Å². The molecule has 1 atom stereocenters. The zero-order valence-electron chi connectivity index (χ0n) is 14.2. The van der Waals surface area contributed by atoms with Crippen LogP contribution < -0.4 is 5.73 Å². The number of likely N-dealkylation sites (tertiary alicyclic amines) is 1. The summed E-state index contributed by atoms with van der Waals surface area (Å²) in [5.41, 5.74) is 5.19.